The zero-order valence-electron chi connectivity index (χ0n) is 9.07. The van der Waals surface area contributed by atoms with Crippen LogP contribution in [0.4, 0.5) is 0 Å². The Balaban J connectivity index is 2.18. The van der Waals surface area contributed by atoms with E-state index in [1.54, 1.807) is 13.2 Å². The second-order valence-corrected chi connectivity index (χ2v) is 4.81. The van der Waals surface area contributed by atoms with Gasteiger partial charge >= 0.3 is 0 Å². The predicted molar refractivity (Wildman–Crippen MR) is 67.5 cm³/mol. The molecular formula is C13H13BrO2. The number of carbonyl (C=O) groups excluding carboxylic acids is 1. The molecule has 1 saturated carbocycles. The van der Waals surface area contributed by atoms with Crippen molar-refractivity contribution in [2.24, 2.45) is 5.92 Å². The molecule has 1 fully saturated rings. The van der Waals surface area contributed by atoms with Crippen LogP contribution in [0.1, 0.15) is 18.4 Å². The summed E-state index contributed by atoms with van der Waals surface area (Å²) in [7, 11) is 1.63. The third-order valence-electron chi connectivity index (χ3n) is 2.60. The molecule has 1 aromatic rings. The van der Waals surface area contributed by atoms with E-state index in [2.05, 4.69) is 15.9 Å². The average molecular weight is 281 g/mol. The van der Waals surface area contributed by atoms with Crippen LogP contribution in [0.5, 0.6) is 5.75 Å². The summed E-state index contributed by atoms with van der Waals surface area (Å²) in [6, 6.07) is 5.74. The van der Waals surface area contributed by atoms with Crippen LogP contribution < -0.4 is 4.74 Å². The molecule has 3 heteroatoms. The third-order valence-corrected chi connectivity index (χ3v) is 3.09. The quantitative estimate of drug-likeness (QED) is 0.790. The number of rotatable bonds is 4. The van der Waals surface area contributed by atoms with Crippen molar-refractivity contribution in [3.05, 3.63) is 34.3 Å². The molecule has 0 atom stereocenters. The predicted octanol–water partition coefficient (Wildman–Crippen LogP) is 3.45. The minimum absolute atomic E-state index is 0.224. The van der Waals surface area contributed by atoms with Gasteiger partial charge in [-0.25, -0.2) is 0 Å². The van der Waals surface area contributed by atoms with E-state index in [1.807, 2.05) is 24.3 Å². The molecular weight excluding hydrogens is 268 g/mol. The molecule has 2 rings (SSSR count). The van der Waals surface area contributed by atoms with Crippen LogP contribution in [0.25, 0.3) is 6.08 Å². The van der Waals surface area contributed by atoms with Gasteiger partial charge in [0.1, 0.15) is 5.75 Å². The topological polar surface area (TPSA) is 26.3 Å². The standard InChI is InChI=1S/C13H13BrO2/c1-16-13-7-5-11(14)8-10(13)4-6-12(15)9-2-3-9/h4-9H,2-3H2,1H3. The fraction of sp³-hybridized carbons (Fsp3) is 0.308. The van der Waals surface area contributed by atoms with Crippen molar-refractivity contribution >= 4 is 27.8 Å². The lowest BCUT2D eigenvalue weighted by molar-refractivity contribution is -0.115. The Morgan fingerprint density at radius 3 is 2.88 bits per heavy atom. The zero-order valence-corrected chi connectivity index (χ0v) is 10.7. The molecule has 1 aromatic carbocycles. The van der Waals surface area contributed by atoms with Crippen molar-refractivity contribution in [2.75, 3.05) is 7.11 Å². The number of methoxy groups -OCH3 is 1. The van der Waals surface area contributed by atoms with E-state index in [4.69, 9.17) is 4.74 Å². The van der Waals surface area contributed by atoms with Crippen LogP contribution in [0, 0.1) is 5.92 Å². The maximum atomic E-state index is 11.5. The Morgan fingerprint density at radius 2 is 2.25 bits per heavy atom. The summed E-state index contributed by atoms with van der Waals surface area (Å²) < 4.78 is 6.20. The van der Waals surface area contributed by atoms with Gasteiger partial charge in [-0.2, -0.15) is 0 Å². The van der Waals surface area contributed by atoms with E-state index in [0.717, 1.165) is 28.6 Å². The third kappa shape index (κ3) is 2.73. The SMILES string of the molecule is COc1ccc(Br)cc1C=CC(=O)C1CC1. The summed E-state index contributed by atoms with van der Waals surface area (Å²) in [5.41, 5.74) is 0.922. The van der Waals surface area contributed by atoms with Gasteiger partial charge in [0, 0.05) is 16.0 Å². The van der Waals surface area contributed by atoms with Crippen LogP contribution in [0.2, 0.25) is 0 Å². The Kier molecular flexibility index (Phi) is 3.44. The number of allylic oxidation sites excluding steroid dienone is 1. The van der Waals surface area contributed by atoms with Gasteiger partial charge in [0.25, 0.3) is 0 Å². The Morgan fingerprint density at radius 1 is 1.50 bits per heavy atom. The van der Waals surface area contributed by atoms with Crippen molar-refractivity contribution in [3.8, 4) is 5.75 Å². The molecule has 84 valence electrons. The molecule has 0 unspecified atom stereocenters. The highest BCUT2D eigenvalue weighted by Crippen LogP contribution is 2.31. The lowest BCUT2D eigenvalue weighted by Crippen LogP contribution is -1.94. The van der Waals surface area contributed by atoms with Gasteiger partial charge in [0.05, 0.1) is 7.11 Å². The zero-order chi connectivity index (χ0) is 11.5. The van der Waals surface area contributed by atoms with Gasteiger partial charge in [-0.15, -0.1) is 0 Å². The van der Waals surface area contributed by atoms with Crippen molar-refractivity contribution in [1.29, 1.82) is 0 Å². The van der Waals surface area contributed by atoms with E-state index in [1.165, 1.54) is 0 Å². The van der Waals surface area contributed by atoms with Gasteiger partial charge in [-0.3, -0.25) is 4.79 Å². The number of ketones is 1. The van der Waals surface area contributed by atoms with Gasteiger partial charge in [-0.1, -0.05) is 15.9 Å². The molecule has 1 aliphatic rings. The number of hydrogen-bond acceptors (Lipinski definition) is 2. The lowest BCUT2D eigenvalue weighted by atomic mass is 10.1. The number of halogens is 1. The van der Waals surface area contributed by atoms with Crippen LogP contribution in [-0.4, -0.2) is 12.9 Å². The summed E-state index contributed by atoms with van der Waals surface area (Å²) >= 11 is 3.40. The van der Waals surface area contributed by atoms with Crippen LogP contribution in [0.15, 0.2) is 28.7 Å². The van der Waals surface area contributed by atoms with Gasteiger partial charge in [-0.05, 0) is 43.2 Å². The van der Waals surface area contributed by atoms with Crippen molar-refractivity contribution in [1.82, 2.24) is 0 Å². The highest BCUT2D eigenvalue weighted by Gasteiger charge is 2.27. The highest BCUT2D eigenvalue weighted by molar-refractivity contribution is 9.10. The summed E-state index contributed by atoms with van der Waals surface area (Å²) in [5, 5.41) is 0. The molecule has 0 bridgehead atoms. The second-order valence-electron chi connectivity index (χ2n) is 3.90. The molecule has 0 aliphatic heterocycles. The molecule has 0 N–H and O–H groups in total. The Hall–Kier alpha value is -1.09. The first-order valence-corrected chi connectivity index (χ1v) is 6.05. The maximum absolute atomic E-state index is 11.5. The van der Waals surface area contributed by atoms with Crippen molar-refractivity contribution < 1.29 is 9.53 Å². The smallest absolute Gasteiger partial charge is 0.158 e. The summed E-state index contributed by atoms with van der Waals surface area (Å²) in [4.78, 5) is 11.5. The molecule has 16 heavy (non-hydrogen) atoms. The molecule has 0 amide bonds. The number of benzene rings is 1. The first-order chi connectivity index (χ1) is 7.70. The first-order valence-electron chi connectivity index (χ1n) is 5.26. The Bertz CT molecular complexity index is 434. The highest BCUT2D eigenvalue weighted by atomic mass is 79.9. The fourth-order valence-corrected chi connectivity index (χ4v) is 1.89. The van der Waals surface area contributed by atoms with Crippen LogP contribution >= 0.6 is 15.9 Å². The van der Waals surface area contributed by atoms with E-state index in [-0.39, 0.29) is 11.7 Å². The second kappa shape index (κ2) is 4.83. The number of hydrogen-bond donors (Lipinski definition) is 0. The van der Waals surface area contributed by atoms with Crippen molar-refractivity contribution in [2.45, 2.75) is 12.8 Å². The number of ether oxygens (including phenoxy) is 1. The molecule has 0 radical (unpaired) electrons. The molecule has 0 spiro atoms. The minimum atomic E-state index is 0.224. The largest absolute Gasteiger partial charge is 0.496 e. The van der Waals surface area contributed by atoms with E-state index < -0.39 is 0 Å². The van der Waals surface area contributed by atoms with Gasteiger partial charge in [0.2, 0.25) is 0 Å². The molecule has 0 saturated heterocycles. The van der Waals surface area contributed by atoms with E-state index in [0.29, 0.717) is 0 Å². The summed E-state index contributed by atoms with van der Waals surface area (Å²) in [5.74, 6) is 1.28. The summed E-state index contributed by atoms with van der Waals surface area (Å²) in [6.45, 7) is 0. The number of carbonyl (C=O) groups is 1. The van der Waals surface area contributed by atoms with Crippen LogP contribution in [-0.2, 0) is 4.79 Å². The van der Waals surface area contributed by atoms with Gasteiger partial charge < -0.3 is 4.74 Å². The molecule has 0 aromatic heterocycles. The van der Waals surface area contributed by atoms with E-state index >= 15 is 0 Å². The van der Waals surface area contributed by atoms with Crippen LogP contribution in [0.3, 0.4) is 0 Å². The molecule has 2 nitrogen and oxygen atoms in total. The monoisotopic (exact) mass is 280 g/mol. The maximum Gasteiger partial charge on any atom is 0.158 e. The lowest BCUT2D eigenvalue weighted by Gasteiger charge is -2.04. The summed E-state index contributed by atoms with van der Waals surface area (Å²) in [6.07, 6.45) is 5.56. The minimum Gasteiger partial charge on any atom is -0.496 e. The molecule has 0 heterocycles. The van der Waals surface area contributed by atoms with Gasteiger partial charge in [0.15, 0.2) is 5.78 Å². The first kappa shape index (κ1) is 11.4. The van der Waals surface area contributed by atoms with Crippen molar-refractivity contribution in [3.63, 3.8) is 0 Å². The average Bonchev–Trinajstić information content (AvgIpc) is 3.10. The Labute approximate surface area is 103 Å². The fourth-order valence-electron chi connectivity index (χ4n) is 1.51. The normalized spacial score (nSPS) is 15.4. The molecule has 1 aliphatic carbocycles. The van der Waals surface area contributed by atoms with E-state index in [9.17, 15) is 4.79 Å².